The van der Waals surface area contributed by atoms with E-state index >= 15 is 0 Å². The van der Waals surface area contributed by atoms with Gasteiger partial charge in [-0.1, -0.05) is 76.6 Å². The summed E-state index contributed by atoms with van der Waals surface area (Å²) in [5.74, 6) is 0.419. The molecule has 0 saturated heterocycles. The summed E-state index contributed by atoms with van der Waals surface area (Å²) < 4.78 is 11.9. The summed E-state index contributed by atoms with van der Waals surface area (Å²) in [4.78, 5) is 52.0. The highest BCUT2D eigenvalue weighted by atomic mass is 16.5. The summed E-state index contributed by atoms with van der Waals surface area (Å²) in [6.45, 7) is 16.1. The van der Waals surface area contributed by atoms with Crippen LogP contribution in [-0.2, 0) is 35.3 Å². The molecule has 5 aliphatic rings. The van der Waals surface area contributed by atoms with Crippen molar-refractivity contribution < 1.29 is 28.7 Å². The number of hydrogen-bond acceptors (Lipinski definition) is 6. The lowest BCUT2D eigenvalue weighted by molar-refractivity contribution is -0.198. The van der Waals surface area contributed by atoms with Gasteiger partial charge in [-0.15, -0.1) is 0 Å². The lowest BCUT2D eigenvalue weighted by atomic mass is 9.33. The lowest BCUT2D eigenvalue weighted by Gasteiger charge is -2.70. The number of carbonyl (C=O) groups is 4. The maximum atomic E-state index is 14.3. The monoisotopic (exact) mass is 658 g/mol. The second-order valence-electron chi connectivity index (χ2n) is 18.1. The molecule has 48 heavy (non-hydrogen) atoms. The first kappa shape index (κ1) is 35.1. The number of ketones is 2. The van der Waals surface area contributed by atoms with Crippen molar-refractivity contribution in [3.8, 4) is 0 Å². The van der Waals surface area contributed by atoms with E-state index in [1.54, 1.807) is 0 Å². The molecule has 6 rings (SSSR count). The largest absolute Gasteiger partial charge is 0.465 e. The number of benzene rings is 1. The van der Waals surface area contributed by atoms with Crippen LogP contribution >= 0.6 is 0 Å². The molecular formula is C42H58O6. The van der Waals surface area contributed by atoms with Gasteiger partial charge in [-0.05, 0) is 117 Å². The predicted octanol–water partition coefficient (Wildman–Crippen LogP) is 8.99. The van der Waals surface area contributed by atoms with Gasteiger partial charge in [0.1, 0.15) is 24.8 Å². The van der Waals surface area contributed by atoms with E-state index in [1.807, 2.05) is 37.3 Å². The zero-order valence-corrected chi connectivity index (χ0v) is 30.5. The van der Waals surface area contributed by atoms with Crippen LogP contribution in [0.3, 0.4) is 0 Å². The number of esters is 2. The van der Waals surface area contributed by atoms with Gasteiger partial charge < -0.3 is 14.3 Å². The zero-order chi connectivity index (χ0) is 34.8. The van der Waals surface area contributed by atoms with Crippen LogP contribution in [-0.4, -0.2) is 30.1 Å². The zero-order valence-electron chi connectivity index (χ0n) is 30.5. The molecule has 6 nitrogen and oxygen atoms in total. The molecule has 5 aliphatic carbocycles. The normalized spacial score (nSPS) is 39.9. The highest BCUT2D eigenvalue weighted by Gasteiger charge is 2.70. The van der Waals surface area contributed by atoms with E-state index in [-0.39, 0.29) is 70.5 Å². The van der Waals surface area contributed by atoms with E-state index in [9.17, 15) is 19.2 Å². The maximum Gasteiger partial charge on any atom is 0.313 e. The molecule has 1 aromatic rings. The molecule has 8 atom stereocenters. The fourth-order valence-electron chi connectivity index (χ4n) is 11.9. The molecule has 0 amide bonds. The molecule has 0 spiro atoms. The third-order valence-electron chi connectivity index (χ3n) is 15.0. The number of allylic oxidation sites excluding steroid dienone is 2. The van der Waals surface area contributed by atoms with Crippen LogP contribution in [0.4, 0.5) is 0 Å². The van der Waals surface area contributed by atoms with Crippen LogP contribution in [0.15, 0.2) is 42.0 Å². The Morgan fingerprint density at radius 1 is 0.833 bits per heavy atom. The number of rotatable bonds is 8. The number of ether oxygens (including phenoxy) is 2. The number of hydrogen-bond donors (Lipinski definition) is 0. The van der Waals surface area contributed by atoms with Crippen molar-refractivity contribution in [3.63, 3.8) is 0 Å². The van der Waals surface area contributed by atoms with Crippen LogP contribution in [0.25, 0.3) is 0 Å². The van der Waals surface area contributed by atoms with Crippen LogP contribution in [0.2, 0.25) is 0 Å². The van der Waals surface area contributed by atoms with Gasteiger partial charge in [-0.2, -0.15) is 0 Å². The van der Waals surface area contributed by atoms with E-state index in [0.29, 0.717) is 18.9 Å². The SMILES string of the molecule is CC(=O)CCC(=O)OC[C@]1(C)C(=O)CC[C@@]2(C)[C@H]1CC[C@]1(C)[C@@H]2CC=C2[C@@H]3CC(C)(C)CC[C@]3(C(=O)OCc3ccccc3)CC[C@]21C. The standard InChI is InChI=1S/C42H58O6/c1-28(43)13-16-35(45)48-27-39(5)32-17-20-41(7)33(38(32,4)19-18-34(39)44)15-14-30-31-25-37(2,3)21-23-42(31,24-22-40(30,41)6)36(46)47-26-29-11-9-8-10-12-29/h8-12,14,31-33H,13,15-27H2,1-7H3/t31-,32+,33+,38-,39-,40+,41+,42-/m0/s1. The molecule has 262 valence electrons. The van der Waals surface area contributed by atoms with Gasteiger partial charge in [0.15, 0.2) is 0 Å². The Morgan fingerprint density at radius 2 is 1.54 bits per heavy atom. The van der Waals surface area contributed by atoms with Gasteiger partial charge >= 0.3 is 11.9 Å². The minimum Gasteiger partial charge on any atom is -0.465 e. The van der Waals surface area contributed by atoms with Crippen molar-refractivity contribution in [2.75, 3.05) is 6.61 Å². The van der Waals surface area contributed by atoms with Crippen LogP contribution in [0.1, 0.15) is 131 Å². The Labute approximate surface area is 288 Å². The van der Waals surface area contributed by atoms with Crippen molar-refractivity contribution in [2.45, 2.75) is 132 Å². The minimum absolute atomic E-state index is 0.0165. The van der Waals surface area contributed by atoms with Crippen molar-refractivity contribution in [1.29, 1.82) is 0 Å². The quantitative estimate of drug-likeness (QED) is 0.205. The first-order valence-electron chi connectivity index (χ1n) is 18.6. The third kappa shape index (κ3) is 5.52. The molecule has 4 fully saturated rings. The van der Waals surface area contributed by atoms with Crippen molar-refractivity contribution in [3.05, 3.63) is 47.5 Å². The van der Waals surface area contributed by atoms with E-state index in [4.69, 9.17) is 9.47 Å². The molecule has 0 aromatic heterocycles. The second-order valence-corrected chi connectivity index (χ2v) is 18.1. The van der Waals surface area contributed by atoms with E-state index in [2.05, 4.69) is 40.7 Å². The molecule has 0 unspecified atom stereocenters. The molecule has 6 heteroatoms. The van der Waals surface area contributed by atoms with E-state index in [1.165, 1.54) is 12.5 Å². The smallest absolute Gasteiger partial charge is 0.313 e. The lowest BCUT2D eigenvalue weighted by Crippen LogP contribution is -2.65. The van der Waals surface area contributed by atoms with Gasteiger partial charge in [0.25, 0.3) is 0 Å². The Morgan fingerprint density at radius 3 is 2.25 bits per heavy atom. The average Bonchev–Trinajstić information content (AvgIpc) is 3.04. The van der Waals surface area contributed by atoms with Gasteiger partial charge in [0, 0.05) is 12.8 Å². The van der Waals surface area contributed by atoms with Gasteiger partial charge in [-0.25, -0.2) is 0 Å². The Bertz CT molecular complexity index is 1490. The predicted molar refractivity (Wildman–Crippen MR) is 185 cm³/mol. The third-order valence-corrected chi connectivity index (χ3v) is 15.0. The number of carbonyl (C=O) groups excluding carboxylic acids is 4. The summed E-state index contributed by atoms with van der Waals surface area (Å²) in [5.41, 5.74) is 1.34. The molecule has 0 N–H and O–H groups in total. The number of fused-ring (bicyclic) bond motifs is 7. The highest BCUT2D eigenvalue weighted by Crippen LogP contribution is 2.75. The van der Waals surface area contributed by atoms with E-state index < -0.39 is 16.8 Å². The summed E-state index contributed by atoms with van der Waals surface area (Å²) in [6.07, 6.45) is 11.7. The Balaban J connectivity index is 1.30. The van der Waals surface area contributed by atoms with Gasteiger partial charge in [0.2, 0.25) is 0 Å². The van der Waals surface area contributed by atoms with E-state index in [0.717, 1.165) is 63.4 Å². The Hall–Kier alpha value is -2.76. The molecule has 4 saturated carbocycles. The molecule has 1 aromatic carbocycles. The van der Waals surface area contributed by atoms with Crippen molar-refractivity contribution in [2.24, 2.45) is 50.2 Å². The molecule has 0 heterocycles. The molecule has 0 radical (unpaired) electrons. The van der Waals surface area contributed by atoms with Crippen molar-refractivity contribution in [1.82, 2.24) is 0 Å². The minimum atomic E-state index is -0.733. The average molecular weight is 659 g/mol. The number of Topliss-reactive ketones (excluding diaryl/α,β-unsaturated/α-hetero) is 2. The first-order valence-corrected chi connectivity index (χ1v) is 18.6. The Kier molecular flexibility index (Phi) is 8.94. The van der Waals surface area contributed by atoms with Crippen molar-refractivity contribution >= 4 is 23.5 Å². The fourth-order valence-corrected chi connectivity index (χ4v) is 11.9. The first-order chi connectivity index (χ1) is 22.5. The highest BCUT2D eigenvalue weighted by molar-refractivity contribution is 5.87. The summed E-state index contributed by atoms with van der Waals surface area (Å²) in [5, 5.41) is 0. The maximum absolute atomic E-state index is 14.3. The van der Waals surface area contributed by atoms with Crippen LogP contribution in [0, 0.1) is 50.2 Å². The summed E-state index contributed by atoms with van der Waals surface area (Å²) in [7, 11) is 0. The van der Waals surface area contributed by atoms with Gasteiger partial charge in [0.05, 0.1) is 17.3 Å². The van der Waals surface area contributed by atoms with Crippen LogP contribution in [0.5, 0.6) is 0 Å². The fraction of sp³-hybridized carbons (Fsp3) is 0.714. The molecule has 0 bridgehead atoms. The second kappa shape index (κ2) is 12.2. The topological polar surface area (TPSA) is 86.7 Å². The van der Waals surface area contributed by atoms with Crippen LogP contribution < -0.4 is 0 Å². The summed E-state index contributed by atoms with van der Waals surface area (Å²) >= 11 is 0. The molecular weight excluding hydrogens is 600 g/mol. The van der Waals surface area contributed by atoms with Gasteiger partial charge in [-0.3, -0.25) is 14.4 Å². The molecule has 0 aliphatic heterocycles. The summed E-state index contributed by atoms with van der Waals surface area (Å²) in [6, 6.07) is 10.0.